The van der Waals surface area contributed by atoms with Gasteiger partial charge in [-0.05, 0) is 31.0 Å². The minimum Gasteiger partial charge on any atom is -0.478 e. The van der Waals surface area contributed by atoms with E-state index in [0.29, 0.717) is 10.8 Å². The zero-order valence-corrected chi connectivity index (χ0v) is 10.5. The average molecular weight is 287 g/mol. The molecule has 80 valence electrons. The SMILES string of the molecule is O=C(O)c1ccc(Br)cc1SC1CCC1. The molecule has 1 aromatic carbocycles. The van der Waals surface area contributed by atoms with Crippen molar-refractivity contribution < 1.29 is 9.90 Å². The molecule has 2 nitrogen and oxygen atoms in total. The summed E-state index contributed by atoms with van der Waals surface area (Å²) in [5.74, 6) is -0.843. The van der Waals surface area contributed by atoms with Gasteiger partial charge in [0.15, 0.2) is 0 Å². The van der Waals surface area contributed by atoms with E-state index in [0.717, 1.165) is 9.37 Å². The van der Waals surface area contributed by atoms with E-state index in [9.17, 15) is 4.79 Å². The number of rotatable bonds is 3. The summed E-state index contributed by atoms with van der Waals surface area (Å²) in [5.41, 5.74) is 0.412. The third-order valence-corrected chi connectivity index (χ3v) is 4.41. The van der Waals surface area contributed by atoms with E-state index in [-0.39, 0.29) is 0 Å². The normalized spacial score (nSPS) is 16.1. The summed E-state index contributed by atoms with van der Waals surface area (Å²) in [6.07, 6.45) is 3.68. The van der Waals surface area contributed by atoms with Crippen LogP contribution in [0, 0.1) is 0 Å². The lowest BCUT2D eigenvalue weighted by Crippen LogP contribution is -2.13. The van der Waals surface area contributed by atoms with Gasteiger partial charge in [-0.1, -0.05) is 22.4 Å². The highest BCUT2D eigenvalue weighted by Crippen LogP contribution is 2.38. The lowest BCUT2D eigenvalue weighted by molar-refractivity contribution is 0.0693. The topological polar surface area (TPSA) is 37.3 Å². The molecule has 0 heterocycles. The molecule has 0 bridgehead atoms. The predicted molar refractivity (Wildman–Crippen MR) is 64.6 cm³/mol. The van der Waals surface area contributed by atoms with Crippen LogP contribution >= 0.6 is 27.7 Å². The third-order valence-electron chi connectivity index (χ3n) is 2.52. The lowest BCUT2D eigenvalue weighted by Gasteiger charge is -2.25. The summed E-state index contributed by atoms with van der Waals surface area (Å²) in [7, 11) is 0. The van der Waals surface area contributed by atoms with Crippen molar-refractivity contribution in [2.75, 3.05) is 0 Å². The highest BCUT2D eigenvalue weighted by Gasteiger charge is 2.21. The molecule has 1 N–H and O–H groups in total. The second-order valence-corrected chi connectivity index (χ2v) is 5.87. The first kappa shape index (κ1) is 11.0. The molecule has 2 rings (SSSR count). The first-order valence-corrected chi connectivity index (χ1v) is 6.53. The molecule has 0 aliphatic heterocycles. The van der Waals surface area contributed by atoms with Gasteiger partial charge < -0.3 is 5.11 Å². The van der Waals surface area contributed by atoms with E-state index in [4.69, 9.17) is 5.11 Å². The van der Waals surface area contributed by atoms with Gasteiger partial charge in [-0.2, -0.15) is 0 Å². The Morgan fingerprint density at radius 2 is 2.20 bits per heavy atom. The smallest absolute Gasteiger partial charge is 0.336 e. The molecule has 1 aliphatic carbocycles. The summed E-state index contributed by atoms with van der Waals surface area (Å²) in [4.78, 5) is 11.9. The molecular weight excluding hydrogens is 276 g/mol. The van der Waals surface area contributed by atoms with Crippen molar-refractivity contribution in [3.63, 3.8) is 0 Å². The Morgan fingerprint density at radius 1 is 1.47 bits per heavy atom. The maximum atomic E-state index is 11.0. The van der Waals surface area contributed by atoms with Crippen molar-refractivity contribution >= 4 is 33.7 Å². The molecule has 0 unspecified atom stereocenters. The van der Waals surface area contributed by atoms with Crippen LogP contribution in [0.25, 0.3) is 0 Å². The first-order valence-electron chi connectivity index (χ1n) is 4.86. The molecule has 0 aromatic heterocycles. The first-order chi connectivity index (χ1) is 7.16. The van der Waals surface area contributed by atoms with E-state index >= 15 is 0 Å². The van der Waals surface area contributed by atoms with Gasteiger partial charge in [0.2, 0.25) is 0 Å². The van der Waals surface area contributed by atoms with Crippen LogP contribution in [0.15, 0.2) is 27.6 Å². The molecule has 0 spiro atoms. The van der Waals surface area contributed by atoms with Crippen LogP contribution in [0.3, 0.4) is 0 Å². The zero-order valence-electron chi connectivity index (χ0n) is 8.07. The number of carboxylic acid groups (broad SMARTS) is 1. The van der Waals surface area contributed by atoms with Crippen LogP contribution < -0.4 is 0 Å². The largest absolute Gasteiger partial charge is 0.478 e. The minimum atomic E-state index is -0.843. The summed E-state index contributed by atoms with van der Waals surface area (Å²) >= 11 is 5.06. The number of halogens is 1. The summed E-state index contributed by atoms with van der Waals surface area (Å²) in [6.45, 7) is 0. The maximum absolute atomic E-state index is 11.0. The van der Waals surface area contributed by atoms with Crippen molar-refractivity contribution in [1.82, 2.24) is 0 Å². The Morgan fingerprint density at radius 3 is 2.73 bits per heavy atom. The van der Waals surface area contributed by atoms with Crippen molar-refractivity contribution in [2.24, 2.45) is 0 Å². The van der Waals surface area contributed by atoms with Crippen molar-refractivity contribution in [2.45, 2.75) is 29.4 Å². The number of hydrogen-bond donors (Lipinski definition) is 1. The van der Waals surface area contributed by atoms with Gasteiger partial charge in [0.25, 0.3) is 0 Å². The van der Waals surface area contributed by atoms with E-state index in [1.165, 1.54) is 19.3 Å². The number of benzene rings is 1. The van der Waals surface area contributed by atoms with Crippen molar-refractivity contribution in [3.05, 3.63) is 28.2 Å². The molecule has 1 saturated carbocycles. The van der Waals surface area contributed by atoms with Gasteiger partial charge in [-0.15, -0.1) is 11.8 Å². The van der Waals surface area contributed by atoms with Crippen molar-refractivity contribution in [1.29, 1.82) is 0 Å². The Balaban J connectivity index is 2.24. The van der Waals surface area contributed by atoms with Gasteiger partial charge in [0.1, 0.15) is 0 Å². The van der Waals surface area contributed by atoms with Gasteiger partial charge in [-0.3, -0.25) is 0 Å². The lowest BCUT2D eigenvalue weighted by atomic mass is 10.00. The molecule has 0 amide bonds. The van der Waals surface area contributed by atoms with Crippen LogP contribution in [-0.2, 0) is 0 Å². The molecular formula is C11H11BrO2S. The van der Waals surface area contributed by atoms with Gasteiger partial charge in [0.05, 0.1) is 5.56 Å². The van der Waals surface area contributed by atoms with Gasteiger partial charge in [-0.25, -0.2) is 4.79 Å². The Kier molecular flexibility index (Phi) is 3.36. The number of carbonyl (C=O) groups is 1. The molecule has 1 fully saturated rings. The van der Waals surface area contributed by atoms with E-state index in [1.807, 2.05) is 6.07 Å². The molecule has 15 heavy (non-hydrogen) atoms. The summed E-state index contributed by atoms with van der Waals surface area (Å²) in [6, 6.07) is 5.33. The standard InChI is InChI=1S/C11H11BrO2S/c12-7-4-5-9(11(13)14)10(6-7)15-8-2-1-3-8/h4-6,8H,1-3H2,(H,13,14). The fourth-order valence-corrected chi connectivity index (χ4v) is 3.36. The summed E-state index contributed by atoms with van der Waals surface area (Å²) in [5, 5.41) is 9.64. The third kappa shape index (κ3) is 2.55. The molecule has 4 heteroatoms. The maximum Gasteiger partial charge on any atom is 0.336 e. The monoisotopic (exact) mass is 286 g/mol. The summed E-state index contributed by atoms with van der Waals surface area (Å²) < 4.78 is 0.939. The van der Waals surface area contributed by atoms with E-state index < -0.39 is 5.97 Å². The second-order valence-electron chi connectivity index (χ2n) is 3.62. The van der Waals surface area contributed by atoms with E-state index in [1.54, 1.807) is 23.9 Å². The second kappa shape index (κ2) is 4.58. The molecule has 0 radical (unpaired) electrons. The fourth-order valence-electron chi connectivity index (χ4n) is 1.44. The van der Waals surface area contributed by atoms with Crippen LogP contribution in [0.2, 0.25) is 0 Å². The zero-order chi connectivity index (χ0) is 10.8. The predicted octanol–water partition coefficient (Wildman–Crippen LogP) is 3.79. The average Bonchev–Trinajstić information content (AvgIpc) is 2.11. The molecule has 0 saturated heterocycles. The van der Waals surface area contributed by atoms with Crippen molar-refractivity contribution in [3.8, 4) is 0 Å². The highest BCUT2D eigenvalue weighted by atomic mass is 79.9. The number of carboxylic acids is 1. The Hall–Kier alpha value is -0.480. The van der Waals surface area contributed by atoms with Gasteiger partial charge >= 0.3 is 5.97 Å². The molecule has 1 aromatic rings. The Labute approximate surface area is 101 Å². The molecule has 1 aliphatic rings. The van der Waals surface area contributed by atoms with Gasteiger partial charge in [0, 0.05) is 14.6 Å². The fraction of sp³-hybridized carbons (Fsp3) is 0.364. The quantitative estimate of drug-likeness (QED) is 0.919. The van der Waals surface area contributed by atoms with Crippen LogP contribution in [0.4, 0.5) is 0 Å². The van der Waals surface area contributed by atoms with E-state index in [2.05, 4.69) is 15.9 Å². The highest BCUT2D eigenvalue weighted by molar-refractivity contribution is 9.10. The van der Waals surface area contributed by atoms with Crippen LogP contribution in [0.1, 0.15) is 29.6 Å². The molecule has 0 atom stereocenters. The Bertz CT molecular complexity index is 388. The number of thioether (sulfide) groups is 1. The number of hydrogen-bond acceptors (Lipinski definition) is 2. The number of aromatic carboxylic acids is 1. The van der Waals surface area contributed by atoms with Crippen LogP contribution in [-0.4, -0.2) is 16.3 Å². The minimum absolute atomic E-state index is 0.412. The van der Waals surface area contributed by atoms with Crippen LogP contribution in [0.5, 0.6) is 0 Å².